The van der Waals surface area contributed by atoms with E-state index in [1.54, 1.807) is 0 Å². The highest BCUT2D eigenvalue weighted by molar-refractivity contribution is 5.81. The molecule has 2 heteroatoms. The van der Waals surface area contributed by atoms with Gasteiger partial charge >= 0.3 is 0 Å². The third-order valence-corrected chi connectivity index (χ3v) is 5.42. The number of benzene rings is 5. The third kappa shape index (κ3) is 4.55. The highest BCUT2D eigenvalue weighted by atomic mass is 15.0. The zero-order valence-electron chi connectivity index (χ0n) is 17.7. The van der Waals surface area contributed by atoms with E-state index in [4.69, 9.17) is 0 Å². The van der Waals surface area contributed by atoms with Crippen molar-refractivity contribution >= 4 is 22.7 Å². The molecule has 0 spiro atoms. The molecule has 0 atom stereocenters. The highest BCUT2D eigenvalue weighted by Gasteiger charge is 2.06. The molecule has 5 aromatic carbocycles. The Bertz CT molecular complexity index is 1210. The Balaban J connectivity index is 1.40. The molecule has 0 amide bonds. The van der Waals surface area contributed by atoms with Gasteiger partial charge in [-0.1, -0.05) is 97.1 Å². The Morgan fingerprint density at radius 2 is 0.688 bits per heavy atom. The number of hydrogen-bond acceptors (Lipinski definition) is 2. The maximum absolute atomic E-state index is 3.59. The van der Waals surface area contributed by atoms with Crippen molar-refractivity contribution in [3.8, 4) is 22.3 Å². The Morgan fingerprint density at radius 1 is 0.312 bits per heavy atom. The van der Waals surface area contributed by atoms with Gasteiger partial charge in [0, 0.05) is 11.4 Å². The molecular weight excluding hydrogens is 388 g/mol. The maximum Gasteiger partial charge on any atom is 0.0623 e. The summed E-state index contributed by atoms with van der Waals surface area (Å²) in [4.78, 5) is 0. The van der Waals surface area contributed by atoms with Gasteiger partial charge in [-0.3, -0.25) is 0 Å². The van der Waals surface area contributed by atoms with Crippen LogP contribution in [0.2, 0.25) is 0 Å². The minimum absolute atomic E-state index is 1.03. The molecule has 0 aliphatic carbocycles. The van der Waals surface area contributed by atoms with Gasteiger partial charge in [-0.05, 0) is 58.7 Å². The van der Waals surface area contributed by atoms with Crippen molar-refractivity contribution in [2.45, 2.75) is 0 Å². The molecule has 0 heterocycles. The molecule has 0 saturated heterocycles. The van der Waals surface area contributed by atoms with Gasteiger partial charge in [0.05, 0.1) is 11.4 Å². The summed E-state index contributed by atoms with van der Waals surface area (Å²) >= 11 is 0. The van der Waals surface area contributed by atoms with Crippen LogP contribution in [0.4, 0.5) is 22.7 Å². The minimum Gasteiger partial charge on any atom is -0.354 e. The van der Waals surface area contributed by atoms with Gasteiger partial charge in [0.15, 0.2) is 0 Å². The largest absolute Gasteiger partial charge is 0.354 e. The molecule has 0 radical (unpaired) electrons. The van der Waals surface area contributed by atoms with E-state index in [1.165, 1.54) is 22.3 Å². The monoisotopic (exact) mass is 412 g/mol. The van der Waals surface area contributed by atoms with Crippen LogP contribution in [0.3, 0.4) is 0 Å². The summed E-state index contributed by atoms with van der Waals surface area (Å²) in [6.45, 7) is 0. The predicted octanol–water partition coefficient (Wildman–Crippen LogP) is 8.51. The summed E-state index contributed by atoms with van der Waals surface area (Å²) in [6, 6.07) is 46.2. The molecule has 32 heavy (non-hydrogen) atoms. The average molecular weight is 413 g/mol. The Hall–Kier alpha value is -4.30. The number of nitrogens with one attached hydrogen (secondary N) is 2. The molecule has 0 aliphatic heterocycles. The van der Waals surface area contributed by atoms with E-state index < -0.39 is 0 Å². The standard InChI is InChI=1S/C30H24N2/c1-3-11-23(12-4-1)25-15-9-17-27(21-25)31-29-19-7-8-20-30(29)32-28-18-10-16-26(22-28)24-13-5-2-6-14-24/h1-22,31-32H. The molecule has 5 rings (SSSR count). The van der Waals surface area contributed by atoms with E-state index in [0.717, 1.165) is 22.7 Å². The Kier molecular flexibility index (Phi) is 5.67. The number of para-hydroxylation sites is 2. The molecule has 0 saturated carbocycles. The van der Waals surface area contributed by atoms with Gasteiger partial charge in [-0.25, -0.2) is 0 Å². The van der Waals surface area contributed by atoms with Gasteiger partial charge in [0.25, 0.3) is 0 Å². The minimum atomic E-state index is 1.03. The first kappa shape index (κ1) is 19.7. The van der Waals surface area contributed by atoms with Gasteiger partial charge in [-0.2, -0.15) is 0 Å². The number of hydrogen-bond donors (Lipinski definition) is 2. The molecular formula is C30H24N2. The molecule has 0 bridgehead atoms. The van der Waals surface area contributed by atoms with E-state index in [-0.39, 0.29) is 0 Å². The third-order valence-electron chi connectivity index (χ3n) is 5.42. The first-order valence-electron chi connectivity index (χ1n) is 10.8. The lowest BCUT2D eigenvalue weighted by molar-refractivity contribution is 1.50. The summed E-state index contributed by atoms with van der Waals surface area (Å²) < 4.78 is 0. The van der Waals surface area contributed by atoms with Crippen molar-refractivity contribution in [1.29, 1.82) is 0 Å². The van der Waals surface area contributed by atoms with Crippen molar-refractivity contribution in [3.05, 3.63) is 133 Å². The molecule has 0 fully saturated rings. The van der Waals surface area contributed by atoms with Crippen LogP contribution < -0.4 is 10.6 Å². The van der Waals surface area contributed by atoms with Crippen molar-refractivity contribution in [2.24, 2.45) is 0 Å². The van der Waals surface area contributed by atoms with Crippen LogP contribution in [-0.2, 0) is 0 Å². The average Bonchev–Trinajstić information content (AvgIpc) is 2.87. The molecule has 2 N–H and O–H groups in total. The summed E-state index contributed by atoms with van der Waals surface area (Å²) in [6.07, 6.45) is 0. The van der Waals surface area contributed by atoms with E-state index in [0.29, 0.717) is 0 Å². The second kappa shape index (κ2) is 9.23. The van der Waals surface area contributed by atoms with E-state index in [2.05, 4.69) is 132 Å². The Morgan fingerprint density at radius 3 is 1.12 bits per heavy atom. The van der Waals surface area contributed by atoms with Crippen LogP contribution in [0.15, 0.2) is 133 Å². The van der Waals surface area contributed by atoms with E-state index >= 15 is 0 Å². The van der Waals surface area contributed by atoms with Crippen LogP contribution in [0.5, 0.6) is 0 Å². The van der Waals surface area contributed by atoms with Crippen molar-refractivity contribution in [2.75, 3.05) is 10.6 Å². The van der Waals surface area contributed by atoms with Crippen molar-refractivity contribution < 1.29 is 0 Å². The van der Waals surface area contributed by atoms with Crippen LogP contribution in [0, 0.1) is 0 Å². The van der Waals surface area contributed by atoms with Crippen LogP contribution >= 0.6 is 0 Å². The fourth-order valence-electron chi connectivity index (χ4n) is 3.83. The lowest BCUT2D eigenvalue weighted by Crippen LogP contribution is -1.97. The fourth-order valence-corrected chi connectivity index (χ4v) is 3.83. The first-order valence-corrected chi connectivity index (χ1v) is 10.8. The smallest absolute Gasteiger partial charge is 0.0623 e. The maximum atomic E-state index is 3.59. The van der Waals surface area contributed by atoms with Crippen LogP contribution in [0.25, 0.3) is 22.3 Å². The predicted molar refractivity (Wildman–Crippen MR) is 137 cm³/mol. The van der Waals surface area contributed by atoms with Gasteiger partial charge in [0.1, 0.15) is 0 Å². The fraction of sp³-hybridized carbons (Fsp3) is 0. The van der Waals surface area contributed by atoms with E-state index in [9.17, 15) is 0 Å². The molecule has 0 unspecified atom stereocenters. The van der Waals surface area contributed by atoms with Crippen LogP contribution in [-0.4, -0.2) is 0 Å². The normalized spacial score (nSPS) is 10.5. The number of anilines is 4. The van der Waals surface area contributed by atoms with Gasteiger partial charge in [-0.15, -0.1) is 0 Å². The first-order chi connectivity index (χ1) is 15.8. The zero-order valence-corrected chi connectivity index (χ0v) is 17.7. The molecule has 5 aromatic rings. The highest BCUT2D eigenvalue weighted by Crippen LogP contribution is 2.31. The topological polar surface area (TPSA) is 24.1 Å². The lowest BCUT2D eigenvalue weighted by atomic mass is 10.0. The lowest BCUT2D eigenvalue weighted by Gasteiger charge is -2.15. The Labute approximate surface area is 189 Å². The van der Waals surface area contributed by atoms with Crippen molar-refractivity contribution in [1.82, 2.24) is 0 Å². The SMILES string of the molecule is c1ccc(-c2cccc(Nc3ccccc3Nc3cccc(-c4ccccc4)c3)c2)cc1. The van der Waals surface area contributed by atoms with Crippen molar-refractivity contribution in [3.63, 3.8) is 0 Å². The molecule has 2 nitrogen and oxygen atoms in total. The second-order valence-corrected chi connectivity index (χ2v) is 7.69. The summed E-state index contributed by atoms with van der Waals surface area (Å²) in [5.74, 6) is 0. The molecule has 0 aliphatic rings. The quantitative estimate of drug-likeness (QED) is 0.292. The summed E-state index contributed by atoms with van der Waals surface area (Å²) in [5.41, 5.74) is 8.97. The summed E-state index contributed by atoms with van der Waals surface area (Å²) in [7, 11) is 0. The zero-order chi connectivity index (χ0) is 21.6. The summed E-state index contributed by atoms with van der Waals surface area (Å²) in [5, 5.41) is 7.17. The number of rotatable bonds is 6. The van der Waals surface area contributed by atoms with Gasteiger partial charge < -0.3 is 10.6 Å². The second-order valence-electron chi connectivity index (χ2n) is 7.69. The van der Waals surface area contributed by atoms with Crippen LogP contribution in [0.1, 0.15) is 0 Å². The van der Waals surface area contributed by atoms with Gasteiger partial charge in [0.2, 0.25) is 0 Å². The molecule has 0 aromatic heterocycles. The van der Waals surface area contributed by atoms with E-state index in [1.807, 2.05) is 12.1 Å². The molecule has 154 valence electrons.